The van der Waals surface area contributed by atoms with Crippen LogP contribution in [0.1, 0.15) is 6.92 Å². The third kappa shape index (κ3) is 3.20. The number of benzene rings is 2. The van der Waals surface area contributed by atoms with Gasteiger partial charge in [-0.05, 0) is 43.3 Å². The maximum Gasteiger partial charge on any atom is 0.354 e. The average Bonchev–Trinajstić information content (AvgIpc) is 3.13. The average molecular weight is 376 g/mol. The summed E-state index contributed by atoms with van der Waals surface area (Å²) < 4.78 is 6.99. The molecule has 28 heavy (non-hydrogen) atoms. The molecule has 2 aromatic heterocycles. The van der Waals surface area contributed by atoms with E-state index < -0.39 is 4.92 Å². The van der Waals surface area contributed by atoms with E-state index in [1.54, 1.807) is 28.8 Å². The zero-order valence-electron chi connectivity index (χ0n) is 14.9. The van der Waals surface area contributed by atoms with Crippen LogP contribution in [-0.2, 0) is 0 Å². The molecule has 1 N–H and O–H groups in total. The van der Waals surface area contributed by atoms with Crippen molar-refractivity contribution in [3.63, 3.8) is 0 Å². The summed E-state index contributed by atoms with van der Waals surface area (Å²) in [7, 11) is 0. The maximum absolute atomic E-state index is 11.8. The van der Waals surface area contributed by atoms with Gasteiger partial charge in [0.2, 0.25) is 11.6 Å². The van der Waals surface area contributed by atoms with Crippen LogP contribution in [0.2, 0.25) is 0 Å². The zero-order chi connectivity index (χ0) is 19.5. The lowest BCUT2D eigenvalue weighted by molar-refractivity contribution is -0.384. The van der Waals surface area contributed by atoms with Crippen LogP contribution in [0.15, 0.2) is 61.2 Å². The van der Waals surface area contributed by atoms with Crippen LogP contribution in [-0.4, -0.2) is 31.0 Å². The molecular formula is C19H16N6O3. The minimum atomic E-state index is -0.499. The lowest BCUT2D eigenvalue weighted by Gasteiger charge is -2.10. The molecule has 0 aliphatic heterocycles. The second-order valence-corrected chi connectivity index (χ2v) is 5.84. The van der Waals surface area contributed by atoms with Crippen molar-refractivity contribution in [2.45, 2.75) is 6.92 Å². The van der Waals surface area contributed by atoms with Gasteiger partial charge < -0.3 is 10.1 Å². The largest absolute Gasteiger partial charge is 0.494 e. The normalized spacial score (nSPS) is 10.8. The van der Waals surface area contributed by atoms with E-state index in [1.807, 2.05) is 31.2 Å². The molecule has 0 radical (unpaired) electrons. The standard InChI is InChI=1S/C19H16N6O3/c1-2-28-14-9-7-13(8-10-14)23-18-17(25(26)27)19(21-11-20-18)24-12-22-15-5-3-4-6-16(15)24/h3-12H,2H2,1H3,(H,20,21,23). The van der Waals surface area contributed by atoms with Crippen molar-refractivity contribution >= 4 is 28.2 Å². The summed E-state index contributed by atoms with van der Waals surface area (Å²) in [6.07, 6.45) is 2.80. The van der Waals surface area contributed by atoms with E-state index in [-0.39, 0.29) is 17.3 Å². The van der Waals surface area contributed by atoms with Gasteiger partial charge in [0.05, 0.1) is 22.6 Å². The molecule has 0 saturated heterocycles. The highest BCUT2D eigenvalue weighted by molar-refractivity contribution is 5.79. The molecule has 2 heterocycles. The van der Waals surface area contributed by atoms with Gasteiger partial charge in [-0.1, -0.05) is 12.1 Å². The van der Waals surface area contributed by atoms with Crippen molar-refractivity contribution in [3.8, 4) is 11.6 Å². The summed E-state index contributed by atoms with van der Waals surface area (Å²) in [6, 6.07) is 14.4. The number of aromatic nitrogens is 4. The second-order valence-electron chi connectivity index (χ2n) is 5.84. The molecule has 0 unspecified atom stereocenters. The number of ether oxygens (including phenoxy) is 1. The van der Waals surface area contributed by atoms with Crippen LogP contribution >= 0.6 is 0 Å². The zero-order valence-corrected chi connectivity index (χ0v) is 14.9. The summed E-state index contributed by atoms with van der Waals surface area (Å²) >= 11 is 0. The van der Waals surface area contributed by atoms with Gasteiger partial charge in [-0.25, -0.2) is 15.0 Å². The van der Waals surface area contributed by atoms with Crippen LogP contribution in [0.5, 0.6) is 5.75 Å². The highest BCUT2D eigenvalue weighted by Gasteiger charge is 2.25. The van der Waals surface area contributed by atoms with Crippen molar-refractivity contribution in [1.29, 1.82) is 0 Å². The molecule has 0 bridgehead atoms. The van der Waals surface area contributed by atoms with E-state index in [0.717, 1.165) is 16.8 Å². The molecule has 9 nitrogen and oxygen atoms in total. The summed E-state index contributed by atoms with van der Waals surface area (Å²) in [5.74, 6) is 0.954. The maximum atomic E-state index is 11.8. The lowest BCUT2D eigenvalue weighted by Crippen LogP contribution is -2.07. The predicted molar refractivity (Wildman–Crippen MR) is 104 cm³/mol. The van der Waals surface area contributed by atoms with Gasteiger partial charge in [-0.2, -0.15) is 0 Å². The molecular weight excluding hydrogens is 360 g/mol. The molecule has 2 aromatic carbocycles. The van der Waals surface area contributed by atoms with Crippen LogP contribution in [0.3, 0.4) is 0 Å². The first kappa shape index (κ1) is 17.4. The van der Waals surface area contributed by atoms with Crippen molar-refractivity contribution < 1.29 is 9.66 Å². The number of hydrogen-bond acceptors (Lipinski definition) is 7. The van der Waals surface area contributed by atoms with E-state index in [4.69, 9.17) is 4.74 Å². The van der Waals surface area contributed by atoms with E-state index in [0.29, 0.717) is 12.3 Å². The molecule has 0 amide bonds. The minimum Gasteiger partial charge on any atom is -0.494 e. The molecule has 0 saturated carbocycles. The van der Waals surface area contributed by atoms with Crippen molar-refractivity contribution in [3.05, 3.63) is 71.3 Å². The first-order chi connectivity index (χ1) is 13.7. The summed E-state index contributed by atoms with van der Waals surface area (Å²) in [4.78, 5) is 23.8. The molecule has 0 spiro atoms. The molecule has 140 valence electrons. The molecule has 0 aliphatic rings. The number of nitrogens with zero attached hydrogens (tertiary/aromatic N) is 5. The Labute approximate surface area is 159 Å². The number of nitrogens with one attached hydrogen (secondary N) is 1. The third-order valence-corrected chi connectivity index (χ3v) is 4.10. The Bertz CT molecular complexity index is 1140. The number of hydrogen-bond donors (Lipinski definition) is 1. The number of rotatable bonds is 6. The molecule has 4 rings (SSSR count). The quantitative estimate of drug-likeness (QED) is 0.402. The van der Waals surface area contributed by atoms with Gasteiger partial charge in [0, 0.05) is 5.69 Å². The van der Waals surface area contributed by atoms with Gasteiger partial charge in [0.1, 0.15) is 18.4 Å². The Balaban J connectivity index is 1.77. The Morgan fingerprint density at radius 3 is 2.64 bits per heavy atom. The van der Waals surface area contributed by atoms with Crippen LogP contribution in [0.25, 0.3) is 16.9 Å². The Hall–Kier alpha value is -4.01. The van der Waals surface area contributed by atoms with E-state index in [9.17, 15) is 10.1 Å². The second kappa shape index (κ2) is 7.31. The Kier molecular flexibility index (Phi) is 4.55. The summed E-state index contributed by atoms with van der Waals surface area (Å²) in [5.41, 5.74) is 1.85. The number of anilines is 2. The van der Waals surface area contributed by atoms with Gasteiger partial charge >= 0.3 is 5.69 Å². The predicted octanol–water partition coefficient (Wildman–Crippen LogP) is 3.87. The fourth-order valence-electron chi connectivity index (χ4n) is 2.87. The van der Waals surface area contributed by atoms with Gasteiger partial charge in [0.25, 0.3) is 0 Å². The number of fused-ring (bicyclic) bond motifs is 1. The SMILES string of the molecule is CCOc1ccc(Nc2ncnc(-n3cnc4ccccc43)c2[N+](=O)[O-])cc1. The van der Waals surface area contributed by atoms with Crippen LogP contribution in [0.4, 0.5) is 17.2 Å². The fraction of sp³-hybridized carbons (Fsp3) is 0.105. The first-order valence-corrected chi connectivity index (χ1v) is 8.59. The molecule has 9 heteroatoms. The van der Waals surface area contributed by atoms with Gasteiger partial charge in [-0.3, -0.25) is 14.7 Å². The number of para-hydroxylation sites is 2. The summed E-state index contributed by atoms with van der Waals surface area (Å²) in [5, 5.41) is 14.8. The highest BCUT2D eigenvalue weighted by atomic mass is 16.6. The van der Waals surface area contributed by atoms with E-state index >= 15 is 0 Å². The van der Waals surface area contributed by atoms with Gasteiger partial charge in [0.15, 0.2) is 0 Å². The van der Waals surface area contributed by atoms with Crippen molar-refractivity contribution in [2.24, 2.45) is 0 Å². The fourth-order valence-corrected chi connectivity index (χ4v) is 2.87. The van der Waals surface area contributed by atoms with E-state index in [2.05, 4.69) is 20.3 Å². The Morgan fingerprint density at radius 1 is 1.11 bits per heavy atom. The number of nitro groups is 1. The van der Waals surface area contributed by atoms with Crippen LogP contribution < -0.4 is 10.1 Å². The van der Waals surface area contributed by atoms with Crippen molar-refractivity contribution in [2.75, 3.05) is 11.9 Å². The van der Waals surface area contributed by atoms with Gasteiger partial charge in [-0.15, -0.1) is 0 Å². The van der Waals surface area contributed by atoms with E-state index in [1.165, 1.54) is 12.7 Å². The molecule has 4 aromatic rings. The minimum absolute atomic E-state index is 0.0944. The monoisotopic (exact) mass is 376 g/mol. The lowest BCUT2D eigenvalue weighted by atomic mass is 10.3. The molecule has 0 aliphatic carbocycles. The topological polar surface area (TPSA) is 108 Å². The van der Waals surface area contributed by atoms with Crippen molar-refractivity contribution in [1.82, 2.24) is 19.5 Å². The summed E-state index contributed by atoms with van der Waals surface area (Å²) in [6.45, 7) is 2.46. The highest BCUT2D eigenvalue weighted by Crippen LogP contribution is 2.32. The third-order valence-electron chi connectivity index (χ3n) is 4.10. The van der Waals surface area contributed by atoms with Crippen LogP contribution in [0, 0.1) is 10.1 Å². The number of imidazole rings is 1. The Morgan fingerprint density at radius 2 is 1.89 bits per heavy atom. The smallest absolute Gasteiger partial charge is 0.354 e. The first-order valence-electron chi connectivity index (χ1n) is 8.59. The molecule has 0 atom stereocenters. The molecule has 0 fully saturated rings.